The molecule has 2 aromatic rings. The smallest absolute Gasteiger partial charge is 0.427 e. The largest absolute Gasteiger partial charge is 0.459 e. The third kappa shape index (κ3) is 7.03. The fourth-order valence-corrected chi connectivity index (χ4v) is 5.45. The number of esters is 1. The van der Waals surface area contributed by atoms with Crippen LogP contribution in [0.25, 0.3) is 10.9 Å². The summed E-state index contributed by atoms with van der Waals surface area (Å²) in [6.07, 6.45) is 1.08. The molecule has 1 aromatic heterocycles. The van der Waals surface area contributed by atoms with Crippen LogP contribution >= 0.6 is 11.6 Å². The van der Waals surface area contributed by atoms with Crippen molar-refractivity contribution in [2.24, 2.45) is 5.92 Å². The lowest BCUT2D eigenvalue weighted by atomic mass is 10.0. The first-order chi connectivity index (χ1) is 19.0. The number of nitrogens with one attached hydrogen (secondary N) is 2. The van der Waals surface area contributed by atoms with Crippen LogP contribution in [0.15, 0.2) is 15.7 Å². The summed E-state index contributed by atoms with van der Waals surface area (Å²) in [4.78, 5) is 53.1. The molecule has 1 unspecified atom stereocenters. The zero-order chi connectivity index (χ0) is 30.4. The summed E-state index contributed by atoms with van der Waals surface area (Å²) < 4.78 is 28.1. The van der Waals surface area contributed by atoms with Crippen LogP contribution in [0.3, 0.4) is 0 Å². The van der Waals surface area contributed by atoms with Crippen LogP contribution in [0.4, 0.5) is 14.9 Å². The van der Waals surface area contributed by atoms with Crippen LogP contribution in [-0.4, -0.2) is 58.2 Å². The topological polar surface area (TPSA) is 124 Å². The molecule has 41 heavy (non-hydrogen) atoms. The summed E-state index contributed by atoms with van der Waals surface area (Å²) in [7, 11) is 0. The molecule has 1 saturated carbocycles. The number of carbonyl (C=O) groups excluding carboxylic acids is 2. The summed E-state index contributed by atoms with van der Waals surface area (Å²) in [6, 6.07) is 0.768. The molecule has 1 saturated heterocycles. The van der Waals surface area contributed by atoms with Crippen LogP contribution in [0.2, 0.25) is 5.02 Å². The van der Waals surface area contributed by atoms with Gasteiger partial charge in [0.15, 0.2) is 0 Å². The van der Waals surface area contributed by atoms with Crippen molar-refractivity contribution in [2.45, 2.75) is 91.0 Å². The Balaban J connectivity index is 1.63. The predicted molar refractivity (Wildman–Crippen MR) is 155 cm³/mol. The van der Waals surface area contributed by atoms with E-state index in [1.54, 1.807) is 46.4 Å². The monoisotopic (exact) mass is 595 g/mol. The number of anilines is 1. The molecule has 1 amide bonds. The van der Waals surface area contributed by atoms with E-state index in [2.05, 4.69) is 10.7 Å². The Morgan fingerprint density at radius 2 is 1.73 bits per heavy atom. The number of hydrogen-bond acceptors (Lipinski definition) is 8. The zero-order valence-electron chi connectivity index (χ0n) is 24.6. The lowest BCUT2D eigenvalue weighted by Gasteiger charge is -2.25. The number of carbonyl (C=O) groups is 2. The van der Waals surface area contributed by atoms with Gasteiger partial charge in [-0.2, -0.15) is 4.68 Å². The normalized spacial score (nSPS) is 18.5. The first-order valence-electron chi connectivity index (χ1n) is 13.9. The Bertz CT molecular complexity index is 1470. The Morgan fingerprint density at radius 1 is 1.10 bits per heavy atom. The molecule has 2 aliphatic rings. The summed E-state index contributed by atoms with van der Waals surface area (Å²) in [5.74, 6) is -0.979. The SMILES string of the molecule is C[C@H](NCC(=O)OC(C)(C)C)C1CCN(c2c(F)cc3c(=O)n(NC(=O)OC(C)(C)C)c(=O)n(C4CC4)c3c2Cl)C1. The molecule has 1 aliphatic heterocycles. The van der Waals surface area contributed by atoms with Gasteiger partial charge >= 0.3 is 17.8 Å². The number of ether oxygens (including phenoxy) is 2. The van der Waals surface area contributed by atoms with Crippen LogP contribution in [0, 0.1) is 11.7 Å². The minimum Gasteiger partial charge on any atom is -0.459 e. The fraction of sp³-hybridized carbons (Fsp3) is 0.643. The van der Waals surface area contributed by atoms with Gasteiger partial charge in [0, 0.05) is 25.2 Å². The summed E-state index contributed by atoms with van der Waals surface area (Å²) in [5, 5.41) is 3.05. The Labute approximate surface area is 242 Å². The minimum atomic E-state index is -0.987. The van der Waals surface area contributed by atoms with Crippen LogP contribution in [0.5, 0.6) is 0 Å². The van der Waals surface area contributed by atoms with Gasteiger partial charge in [0.25, 0.3) is 5.56 Å². The third-order valence-electron chi connectivity index (χ3n) is 6.99. The summed E-state index contributed by atoms with van der Waals surface area (Å²) in [5.41, 5.74) is -0.661. The van der Waals surface area contributed by atoms with Crippen LogP contribution in [-0.2, 0) is 14.3 Å². The average molecular weight is 596 g/mol. The molecular formula is C28H39ClFN5O6. The molecule has 0 radical (unpaired) electrons. The summed E-state index contributed by atoms with van der Waals surface area (Å²) >= 11 is 6.81. The molecule has 0 spiro atoms. The minimum absolute atomic E-state index is 0.0273. The van der Waals surface area contributed by atoms with Gasteiger partial charge in [-0.1, -0.05) is 11.6 Å². The molecule has 2 atom stereocenters. The van der Waals surface area contributed by atoms with E-state index in [9.17, 15) is 19.2 Å². The van der Waals surface area contributed by atoms with Gasteiger partial charge in [0.2, 0.25) is 0 Å². The molecule has 11 nitrogen and oxygen atoms in total. The number of nitrogens with zero attached hydrogens (tertiary/aromatic N) is 3. The van der Waals surface area contributed by atoms with Crippen molar-refractivity contribution in [1.82, 2.24) is 14.6 Å². The highest BCUT2D eigenvalue weighted by atomic mass is 35.5. The Hall–Kier alpha value is -3.12. The number of aromatic nitrogens is 2. The quantitative estimate of drug-likeness (QED) is 0.462. The number of benzene rings is 1. The first kappa shape index (κ1) is 30.8. The number of amides is 1. The third-order valence-corrected chi connectivity index (χ3v) is 7.35. The Kier molecular flexibility index (Phi) is 8.48. The Morgan fingerprint density at radius 3 is 2.32 bits per heavy atom. The van der Waals surface area contributed by atoms with Crippen molar-refractivity contribution in [2.75, 3.05) is 30.0 Å². The van der Waals surface area contributed by atoms with Gasteiger partial charge in [-0.05, 0) is 79.7 Å². The second kappa shape index (κ2) is 11.3. The van der Waals surface area contributed by atoms with Crippen LogP contribution in [0.1, 0.15) is 73.8 Å². The van der Waals surface area contributed by atoms with Crippen molar-refractivity contribution in [3.8, 4) is 0 Å². The molecule has 2 N–H and O–H groups in total. The van der Waals surface area contributed by atoms with Crippen LogP contribution < -0.4 is 26.9 Å². The van der Waals surface area contributed by atoms with Gasteiger partial charge in [0.05, 0.1) is 28.2 Å². The second-order valence-electron chi connectivity index (χ2n) is 12.8. The lowest BCUT2D eigenvalue weighted by molar-refractivity contribution is -0.153. The van der Waals surface area contributed by atoms with Gasteiger partial charge in [-0.25, -0.2) is 19.4 Å². The number of hydrogen-bond donors (Lipinski definition) is 2. The molecule has 2 heterocycles. The average Bonchev–Trinajstić information content (AvgIpc) is 3.55. The maximum absolute atomic E-state index is 15.7. The van der Waals surface area contributed by atoms with E-state index >= 15 is 4.39 Å². The number of fused-ring (bicyclic) bond motifs is 1. The molecule has 226 valence electrons. The standard InChI is InChI=1S/C28H39ClFN5O6/c1-15(31-13-20(36)40-27(2,3)4)16-10-11-33(14-16)23-19(30)12-18-22(21(23)29)34(17-8-9-17)26(39)35(24(18)37)32-25(38)41-28(5,6)7/h12,15-17,31H,8-11,13-14H2,1-7H3,(H,32,38)/t15-,16?/m0/s1. The highest BCUT2D eigenvalue weighted by molar-refractivity contribution is 6.38. The van der Waals surface area contributed by atoms with E-state index in [-0.39, 0.29) is 52.1 Å². The van der Waals surface area contributed by atoms with Gasteiger partial charge in [0.1, 0.15) is 17.0 Å². The predicted octanol–water partition coefficient (Wildman–Crippen LogP) is 3.92. The van der Waals surface area contributed by atoms with Gasteiger partial charge < -0.3 is 19.7 Å². The zero-order valence-corrected chi connectivity index (χ0v) is 25.4. The van der Waals surface area contributed by atoms with Gasteiger partial charge in [-0.3, -0.25) is 14.2 Å². The van der Waals surface area contributed by atoms with E-state index < -0.39 is 34.4 Å². The van der Waals surface area contributed by atoms with E-state index in [1.807, 2.05) is 6.92 Å². The van der Waals surface area contributed by atoms with E-state index in [0.717, 1.165) is 6.07 Å². The van der Waals surface area contributed by atoms with Crippen molar-refractivity contribution in [3.05, 3.63) is 37.7 Å². The summed E-state index contributed by atoms with van der Waals surface area (Å²) in [6.45, 7) is 13.3. The molecule has 2 fully saturated rings. The fourth-order valence-electron chi connectivity index (χ4n) is 5.05. The molecule has 4 rings (SSSR count). The van der Waals surface area contributed by atoms with E-state index in [4.69, 9.17) is 21.1 Å². The molecular weight excluding hydrogens is 557 g/mol. The van der Waals surface area contributed by atoms with Crippen molar-refractivity contribution in [1.29, 1.82) is 0 Å². The number of halogens is 2. The van der Waals surface area contributed by atoms with Crippen molar-refractivity contribution >= 4 is 40.3 Å². The first-order valence-corrected chi connectivity index (χ1v) is 14.2. The van der Waals surface area contributed by atoms with Crippen molar-refractivity contribution in [3.63, 3.8) is 0 Å². The molecule has 1 aliphatic carbocycles. The molecule has 0 bridgehead atoms. The molecule has 1 aromatic carbocycles. The maximum Gasteiger partial charge on any atom is 0.427 e. The van der Waals surface area contributed by atoms with E-state index in [1.165, 1.54) is 4.57 Å². The number of rotatable bonds is 7. The lowest BCUT2D eigenvalue weighted by Crippen LogP contribution is -2.48. The maximum atomic E-state index is 15.7. The highest BCUT2D eigenvalue weighted by Crippen LogP contribution is 2.42. The van der Waals surface area contributed by atoms with E-state index in [0.29, 0.717) is 37.0 Å². The second-order valence-corrected chi connectivity index (χ2v) is 13.2. The van der Waals surface area contributed by atoms with Crippen molar-refractivity contribution < 1.29 is 23.5 Å². The molecule has 13 heteroatoms. The van der Waals surface area contributed by atoms with Gasteiger partial charge in [-0.15, -0.1) is 0 Å². The highest BCUT2D eigenvalue weighted by Gasteiger charge is 2.35.